The van der Waals surface area contributed by atoms with Crippen molar-refractivity contribution in [1.82, 2.24) is 19.9 Å². The minimum atomic E-state index is -0.0190. The van der Waals surface area contributed by atoms with Gasteiger partial charge < -0.3 is 10.3 Å². The van der Waals surface area contributed by atoms with Gasteiger partial charge in [-0.3, -0.25) is 4.68 Å². The van der Waals surface area contributed by atoms with Gasteiger partial charge in [-0.25, -0.2) is 0 Å². The fourth-order valence-corrected chi connectivity index (χ4v) is 1.47. The second kappa shape index (κ2) is 4.53. The van der Waals surface area contributed by atoms with E-state index in [2.05, 4.69) is 36.0 Å². The molecule has 0 bridgehead atoms. The molecular formula is C12H19N5O. The van der Waals surface area contributed by atoms with Crippen molar-refractivity contribution in [2.45, 2.75) is 33.2 Å². The Morgan fingerprint density at radius 3 is 2.72 bits per heavy atom. The Bertz CT molecular complexity index is 523. The van der Waals surface area contributed by atoms with Crippen LogP contribution in [0.15, 0.2) is 16.8 Å². The summed E-state index contributed by atoms with van der Waals surface area (Å²) in [6, 6.07) is 1.83. The fraction of sp³-hybridized carbons (Fsp3) is 0.583. The molecule has 1 unspecified atom stereocenters. The summed E-state index contributed by atoms with van der Waals surface area (Å²) in [7, 11) is 1.85. The average molecular weight is 249 g/mol. The Labute approximate surface area is 106 Å². The first kappa shape index (κ1) is 12.8. The normalized spacial score (nSPS) is 13.8. The second-order valence-corrected chi connectivity index (χ2v) is 5.56. The van der Waals surface area contributed by atoms with Crippen molar-refractivity contribution in [2.75, 3.05) is 0 Å². The maximum absolute atomic E-state index is 6.09. The van der Waals surface area contributed by atoms with E-state index in [0.29, 0.717) is 23.8 Å². The zero-order valence-electron chi connectivity index (χ0n) is 11.2. The van der Waals surface area contributed by atoms with Gasteiger partial charge in [-0.05, 0) is 11.5 Å². The van der Waals surface area contributed by atoms with Crippen molar-refractivity contribution < 1.29 is 4.52 Å². The van der Waals surface area contributed by atoms with Crippen LogP contribution < -0.4 is 5.73 Å². The van der Waals surface area contributed by atoms with Gasteiger partial charge in [-0.2, -0.15) is 10.1 Å². The minimum Gasteiger partial charge on any atom is -0.339 e. The highest BCUT2D eigenvalue weighted by Crippen LogP contribution is 2.21. The lowest BCUT2D eigenvalue weighted by Crippen LogP contribution is -2.36. The Kier molecular flexibility index (Phi) is 3.21. The molecule has 0 fully saturated rings. The van der Waals surface area contributed by atoms with Gasteiger partial charge in [0.2, 0.25) is 11.7 Å². The number of aromatic nitrogens is 4. The topological polar surface area (TPSA) is 82.8 Å². The summed E-state index contributed by atoms with van der Waals surface area (Å²) >= 11 is 0. The summed E-state index contributed by atoms with van der Waals surface area (Å²) in [4.78, 5) is 4.31. The zero-order chi connectivity index (χ0) is 13.3. The molecule has 0 radical (unpaired) electrons. The van der Waals surface area contributed by atoms with Crippen LogP contribution in [0.3, 0.4) is 0 Å². The lowest BCUT2D eigenvalue weighted by atomic mass is 9.85. The van der Waals surface area contributed by atoms with Crippen LogP contribution in [0.4, 0.5) is 0 Å². The molecule has 2 aromatic heterocycles. The van der Waals surface area contributed by atoms with Crippen LogP contribution in [0.25, 0.3) is 11.5 Å². The highest BCUT2D eigenvalue weighted by Gasteiger charge is 2.23. The first-order valence-electron chi connectivity index (χ1n) is 5.94. The van der Waals surface area contributed by atoms with E-state index in [1.165, 1.54) is 0 Å². The van der Waals surface area contributed by atoms with Crippen molar-refractivity contribution in [2.24, 2.45) is 18.2 Å². The molecule has 2 rings (SSSR count). The third kappa shape index (κ3) is 2.76. The lowest BCUT2D eigenvalue weighted by Gasteiger charge is -2.25. The molecule has 0 saturated carbocycles. The van der Waals surface area contributed by atoms with Crippen molar-refractivity contribution in [3.05, 3.63) is 18.2 Å². The third-order valence-electron chi connectivity index (χ3n) is 2.92. The van der Waals surface area contributed by atoms with Gasteiger partial charge >= 0.3 is 0 Å². The summed E-state index contributed by atoms with van der Waals surface area (Å²) in [5, 5.41) is 8.14. The van der Waals surface area contributed by atoms with Crippen molar-refractivity contribution in [1.29, 1.82) is 0 Å². The van der Waals surface area contributed by atoms with Gasteiger partial charge in [-0.1, -0.05) is 25.9 Å². The fourth-order valence-electron chi connectivity index (χ4n) is 1.47. The van der Waals surface area contributed by atoms with E-state index >= 15 is 0 Å². The second-order valence-electron chi connectivity index (χ2n) is 5.56. The quantitative estimate of drug-likeness (QED) is 0.888. The zero-order valence-corrected chi connectivity index (χ0v) is 11.2. The summed E-state index contributed by atoms with van der Waals surface area (Å²) in [5.74, 6) is 1.06. The highest BCUT2D eigenvalue weighted by molar-refractivity contribution is 5.46. The number of rotatable bonds is 3. The maximum Gasteiger partial charge on any atom is 0.228 e. The molecule has 0 aliphatic carbocycles. The molecule has 0 spiro atoms. The van der Waals surface area contributed by atoms with Gasteiger partial charge in [-0.15, -0.1) is 0 Å². The van der Waals surface area contributed by atoms with Crippen LogP contribution in [0.2, 0.25) is 0 Å². The molecule has 0 aliphatic heterocycles. The van der Waals surface area contributed by atoms with Crippen molar-refractivity contribution in [3.63, 3.8) is 0 Å². The summed E-state index contributed by atoms with van der Waals surface area (Å²) in [5.41, 5.74) is 6.81. The minimum absolute atomic E-state index is 0.0135. The van der Waals surface area contributed by atoms with Crippen molar-refractivity contribution in [3.8, 4) is 11.5 Å². The Balaban J connectivity index is 2.12. The van der Waals surface area contributed by atoms with Crippen molar-refractivity contribution >= 4 is 0 Å². The molecule has 2 heterocycles. The molecule has 98 valence electrons. The molecule has 2 N–H and O–H groups in total. The van der Waals surface area contributed by atoms with Gasteiger partial charge in [0.15, 0.2) is 0 Å². The molecule has 18 heavy (non-hydrogen) atoms. The smallest absolute Gasteiger partial charge is 0.228 e. The first-order valence-corrected chi connectivity index (χ1v) is 5.94. The van der Waals surface area contributed by atoms with Crippen LogP contribution in [0, 0.1) is 5.41 Å². The third-order valence-corrected chi connectivity index (χ3v) is 2.92. The first-order chi connectivity index (χ1) is 8.36. The van der Waals surface area contributed by atoms with Gasteiger partial charge in [0.25, 0.3) is 0 Å². The Morgan fingerprint density at radius 1 is 1.44 bits per heavy atom. The molecule has 6 nitrogen and oxygen atoms in total. The largest absolute Gasteiger partial charge is 0.339 e. The summed E-state index contributed by atoms with van der Waals surface area (Å²) in [6.07, 6.45) is 2.41. The number of nitrogens with zero attached hydrogens (tertiary/aromatic N) is 4. The summed E-state index contributed by atoms with van der Waals surface area (Å²) < 4.78 is 6.90. The molecule has 0 amide bonds. The lowest BCUT2D eigenvalue weighted by molar-refractivity contribution is 0.286. The van der Waals surface area contributed by atoms with Crippen LogP contribution in [0.5, 0.6) is 0 Å². The molecule has 2 aromatic rings. The Hall–Kier alpha value is -1.69. The van der Waals surface area contributed by atoms with Crippen LogP contribution in [0.1, 0.15) is 26.7 Å². The van der Waals surface area contributed by atoms with E-state index < -0.39 is 0 Å². The van der Waals surface area contributed by atoms with Crippen LogP contribution >= 0.6 is 0 Å². The SMILES string of the molecule is Cn1ccc(-c2noc(CC(N)C(C)(C)C)n2)n1. The number of hydrogen-bond donors (Lipinski definition) is 1. The monoisotopic (exact) mass is 249 g/mol. The van der Waals surface area contributed by atoms with E-state index in [0.717, 1.165) is 0 Å². The highest BCUT2D eigenvalue weighted by atomic mass is 16.5. The Morgan fingerprint density at radius 2 is 2.17 bits per heavy atom. The van der Waals surface area contributed by atoms with E-state index in [1.807, 2.05) is 19.3 Å². The number of nitrogens with two attached hydrogens (primary N) is 1. The summed E-state index contributed by atoms with van der Waals surface area (Å²) in [6.45, 7) is 6.27. The van der Waals surface area contributed by atoms with E-state index in [-0.39, 0.29) is 11.5 Å². The molecule has 6 heteroatoms. The van der Waals surface area contributed by atoms with Gasteiger partial charge in [0, 0.05) is 25.7 Å². The predicted octanol–water partition coefficient (Wildman–Crippen LogP) is 1.39. The number of hydrogen-bond acceptors (Lipinski definition) is 5. The maximum atomic E-state index is 6.09. The predicted molar refractivity (Wildman–Crippen MR) is 67.6 cm³/mol. The number of aryl methyl sites for hydroxylation is 1. The van der Waals surface area contributed by atoms with Crippen LogP contribution in [-0.4, -0.2) is 26.0 Å². The van der Waals surface area contributed by atoms with Gasteiger partial charge in [0.1, 0.15) is 5.69 Å². The van der Waals surface area contributed by atoms with Gasteiger partial charge in [0.05, 0.1) is 0 Å². The van der Waals surface area contributed by atoms with E-state index in [4.69, 9.17) is 10.3 Å². The molecule has 0 aromatic carbocycles. The molecule has 0 saturated heterocycles. The van der Waals surface area contributed by atoms with Crippen LogP contribution in [-0.2, 0) is 13.5 Å². The van der Waals surface area contributed by atoms with E-state index in [9.17, 15) is 0 Å². The molecular weight excluding hydrogens is 230 g/mol. The standard InChI is InChI=1S/C12H19N5O/c1-12(2,3)9(13)7-10-14-11(16-18-10)8-5-6-17(4)15-8/h5-6,9H,7,13H2,1-4H3. The molecule has 1 atom stereocenters. The average Bonchev–Trinajstić information content (AvgIpc) is 2.85. The van der Waals surface area contributed by atoms with E-state index in [1.54, 1.807) is 4.68 Å². The molecule has 0 aliphatic rings.